The van der Waals surface area contributed by atoms with Gasteiger partial charge >= 0.3 is 0 Å². The van der Waals surface area contributed by atoms with Gasteiger partial charge < -0.3 is 21.4 Å². The largest absolute Gasteiger partial charge is 0.398 e. The molecule has 2 aromatic rings. The van der Waals surface area contributed by atoms with Crippen molar-refractivity contribution >= 4 is 29.1 Å². The van der Waals surface area contributed by atoms with Gasteiger partial charge in [-0.25, -0.2) is 0 Å². The van der Waals surface area contributed by atoms with Crippen molar-refractivity contribution in [2.75, 3.05) is 5.73 Å². The summed E-state index contributed by atoms with van der Waals surface area (Å²) in [5.74, 6) is -0.544. The van der Waals surface area contributed by atoms with Gasteiger partial charge in [-0.3, -0.25) is 14.4 Å². The average Bonchev–Trinajstić information content (AvgIpc) is 2.64. The molecule has 0 bridgehead atoms. The van der Waals surface area contributed by atoms with Gasteiger partial charge in [0.25, 0.3) is 11.8 Å². The Hall–Kier alpha value is -2.80. The molecular formula is C19H21ClN4O3. The third-order valence-corrected chi connectivity index (χ3v) is 4.96. The fourth-order valence-corrected chi connectivity index (χ4v) is 3.37. The molecule has 2 amide bonds. The lowest BCUT2D eigenvalue weighted by atomic mass is 9.90. The molecule has 0 saturated heterocycles. The lowest BCUT2D eigenvalue weighted by molar-refractivity contribution is 0.0900. The minimum absolute atomic E-state index is 0.0525. The van der Waals surface area contributed by atoms with Crippen molar-refractivity contribution in [3.63, 3.8) is 0 Å². The molecule has 0 aliphatic heterocycles. The van der Waals surface area contributed by atoms with Crippen LogP contribution in [-0.4, -0.2) is 28.9 Å². The van der Waals surface area contributed by atoms with Gasteiger partial charge in [-0.05, 0) is 49.9 Å². The van der Waals surface area contributed by atoms with Crippen molar-refractivity contribution in [1.29, 1.82) is 0 Å². The molecule has 1 aliphatic carbocycles. The molecule has 27 heavy (non-hydrogen) atoms. The number of benzene rings is 1. The number of pyridine rings is 1. The Kier molecular flexibility index (Phi) is 5.81. The van der Waals surface area contributed by atoms with Gasteiger partial charge in [0.15, 0.2) is 0 Å². The normalized spacial score (nSPS) is 19.3. The standard InChI is InChI=1S/C19H21ClN4O3/c20-14-8-7-11(9-15(14)21)18(26)22-12-3-1-4-13(10-12)23-19(27)16-5-2-6-17(25)24-16/h2,5-9,12-13H,1,3-4,10,21H2,(H,22,26)(H,23,27)(H,24,25). The van der Waals surface area contributed by atoms with Gasteiger partial charge in [0.2, 0.25) is 5.56 Å². The number of nitrogen functional groups attached to an aromatic ring is 1. The van der Waals surface area contributed by atoms with E-state index in [9.17, 15) is 14.4 Å². The van der Waals surface area contributed by atoms with Crippen molar-refractivity contribution in [2.24, 2.45) is 0 Å². The molecule has 2 atom stereocenters. The Labute approximate surface area is 161 Å². The molecule has 2 unspecified atom stereocenters. The van der Waals surface area contributed by atoms with E-state index in [2.05, 4.69) is 15.6 Å². The summed E-state index contributed by atoms with van der Waals surface area (Å²) in [6, 6.07) is 9.09. The second-order valence-corrected chi connectivity index (χ2v) is 7.08. The lowest BCUT2D eigenvalue weighted by Gasteiger charge is -2.30. The van der Waals surface area contributed by atoms with E-state index in [0.29, 0.717) is 22.7 Å². The molecule has 7 nitrogen and oxygen atoms in total. The number of hydrogen-bond acceptors (Lipinski definition) is 4. The highest BCUT2D eigenvalue weighted by atomic mass is 35.5. The van der Waals surface area contributed by atoms with Crippen molar-refractivity contribution in [3.8, 4) is 0 Å². The van der Waals surface area contributed by atoms with Crippen LogP contribution in [-0.2, 0) is 0 Å². The van der Waals surface area contributed by atoms with Crippen LogP contribution in [0, 0.1) is 0 Å². The van der Waals surface area contributed by atoms with Gasteiger partial charge in [0.05, 0.1) is 10.7 Å². The number of rotatable bonds is 4. The molecule has 1 heterocycles. The van der Waals surface area contributed by atoms with Gasteiger partial charge in [-0.15, -0.1) is 0 Å². The smallest absolute Gasteiger partial charge is 0.268 e. The second kappa shape index (κ2) is 8.26. The first-order chi connectivity index (χ1) is 12.9. The highest BCUT2D eigenvalue weighted by molar-refractivity contribution is 6.33. The molecule has 0 spiro atoms. The van der Waals surface area contributed by atoms with E-state index in [1.165, 1.54) is 12.1 Å². The predicted octanol–water partition coefficient (Wildman–Crippen LogP) is 2.08. The highest BCUT2D eigenvalue weighted by Gasteiger charge is 2.25. The number of amides is 2. The minimum atomic E-state index is -0.324. The summed E-state index contributed by atoms with van der Waals surface area (Å²) < 4.78 is 0. The zero-order valence-corrected chi connectivity index (χ0v) is 15.4. The fraction of sp³-hybridized carbons (Fsp3) is 0.316. The van der Waals surface area contributed by atoms with Gasteiger partial charge in [-0.2, -0.15) is 0 Å². The first-order valence-electron chi connectivity index (χ1n) is 8.78. The molecule has 5 N–H and O–H groups in total. The first kappa shape index (κ1) is 19.0. The Bertz CT molecular complexity index is 912. The predicted molar refractivity (Wildman–Crippen MR) is 104 cm³/mol. The van der Waals surface area contributed by atoms with E-state index < -0.39 is 0 Å². The summed E-state index contributed by atoms with van der Waals surface area (Å²) >= 11 is 5.89. The zero-order chi connectivity index (χ0) is 19.4. The molecule has 1 aromatic carbocycles. The number of halogens is 1. The van der Waals surface area contributed by atoms with Gasteiger partial charge in [-0.1, -0.05) is 17.7 Å². The van der Waals surface area contributed by atoms with Crippen LogP contribution in [0.15, 0.2) is 41.2 Å². The Morgan fingerprint density at radius 1 is 1.07 bits per heavy atom. The van der Waals surface area contributed by atoms with Crippen LogP contribution in [0.4, 0.5) is 5.69 Å². The van der Waals surface area contributed by atoms with Crippen LogP contribution in [0.5, 0.6) is 0 Å². The van der Waals surface area contributed by atoms with Gasteiger partial charge in [0.1, 0.15) is 5.69 Å². The molecule has 8 heteroatoms. The maximum absolute atomic E-state index is 12.4. The van der Waals surface area contributed by atoms with Crippen molar-refractivity contribution in [2.45, 2.75) is 37.8 Å². The van der Waals surface area contributed by atoms with Crippen LogP contribution >= 0.6 is 11.6 Å². The highest BCUT2D eigenvalue weighted by Crippen LogP contribution is 2.22. The Morgan fingerprint density at radius 2 is 1.78 bits per heavy atom. The third-order valence-electron chi connectivity index (χ3n) is 4.62. The third kappa shape index (κ3) is 4.89. The maximum Gasteiger partial charge on any atom is 0.268 e. The average molecular weight is 389 g/mol. The number of carbonyl (C=O) groups excluding carboxylic acids is 2. The zero-order valence-electron chi connectivity index (χ0n) is 14.6. The van der Waals surface area contributed by atoms with Crippen LogP contribution in [0.2, 0.25) is 5.02 Å². The van der Waals surface area contributed by atoms with Crippen LogP contribution in [0.1, 0.15) is 46.5 Å². The SMILES string of the molecule is Nc1cc(C(=O)NC2CCCC(NC(=O)c3cccc(=O)[nH]3)C2)ccc1Cl. The number of aromatic nitrogens is 1. The summed E-state index contributed by atoms with van der Waals surface area (Å²) in [6.45, 7) is 0. The van der Waals surface area contributed by atoms with Crippen molar-refractivity contribution in [1.82, 2.24) is 15.6 Å². The fourth-order valence-electron chi connectivity index (χ4n) is 3.25. The summed E-state index contributed by atoms with van der Waals surface area (Å²) in [6.07, 6.45) is 3.16. The number of carbonyl (C=O) groups is 2. The summed E-state index contributed by atoms with van der Waals surface area (Å²) in [5, 5.41) is 6.32. The maximum atomic E-state index is 12.4. The topological polar surface area (TPSA) is 117 Å². The summed E-state index contributed by atoms with van der Waals surface area (Å²) in [5.41, 5.74) is 6.46. The molecule has 1 aliphatic rings. The number of hydrogen-bond donors (Lipinski definition) is 4. The minimum Gasteiger partial charge on any atom is -0.398 e. The summed E-state index contributed by atoms with van der Waals surface area (Å²) in [7, 11) is 0. The second-order valence-electron chi connectivity index (χ2n) is 6.67. The van der Waals surface area contributed by atoms with Gasteiger partial charge in [0, 0.05) is 23.7 Å². The van der Waals surface area contributed by atoms with E-state index in [1.54, 1.807) is 24.3 Å². The molecular weight excluding hydrogens is 368 g/mol. The molecule has 1 fully saturated rings. The molecule has 0 radical (unpaired) electrons. The quantitative estimate of drug-likeness (QED) is 0.600. The number of H-pyrrole nitrogens is 1. The van der Waals surface area contributed by atoms with Crippen LogP contribution in [0.25, 0.3) is 0 Å². The number of nitrogens with two attached hydrogens (primary N) is 1. The number of anilines is 1. The van der Waals surface area contributed by atoms with Crippen molar-refractivity contribution < 1.29 is 9.59 Å². The van der Waals surface area contributed by atoms with E-state index in [0.717, 1.165) is 19.3 Å². The molecule has 142 valence electrons. The Morgan fingerprint density at radius 3 is 2.44 bits per heavy atom. The van der Waals surface area contributed by atoms with Crippen LogP contribution in [0.3, 0.4) is 0 Å². The lowest BCUT2D eigenvalue weighted by Crippen LogP contribution is -2.46. The van der Waals surface area contributed by atoms with E-state index in [-0.39, 0.29) is 35.2 Å². The first-order valence-corrected chi connectivity index (χ1v) is 9.16. The Balaban J connectivity index is 1.59. The molecule has 1 saturated carbocycles. The van der Waals surface area contributed by atoms with Crippen molar-refractivity contribution in [3.05, 3.63) is 63.0 Å². The monoisotopic (exact) mass is 388 g/mol. The molecule has 1 aromatic heterocycles. The van der Waals surface area contributed by atoms with E-state index in [4.69, 9.17) is 17.3 Å². The van der Waals surface area contributed by atoms with E-state index >= 15 is 0 Å². The number of aromatic amines is 1. The molecule has 3 rings (SSSR count). The van der Waals surface area contributed by atoms with Crippen LogP contribution < -0.4 is 21.9 Å². The summed E-state index contributed by atoms with van der Waals surface area (Å²) in [4.78, 5) is 38.6. The number of nitrogens with one attached hydrogen (secondary N) is 3. The van der Waals surface area contributed by atoms with E-state index in [1.807, 2.05) is 0 Å².